The number of hydrogen-bond donors (Lipinski definition) is 2. The first-order chi connectivity index (χ1) is 30.2. The molecule has 11 rings (SSSR count). The van der Waals surface area contributed by atoms with Gasteiger partial charge in [-0.05, 0) is 80.4 Å². The molecule has 3 heteroatoms. The van der Waals surface area contributed by atoms with Gasteiger partial charge in [-0.1, -0.05) is 198 Å². The summed E-state index contributed by atoms with van der Waals surface area (Å²) in [5.41, 5.74) is 21.8. The van der Waals surface area contributed by atoms with Crippen LogP contribution in [-0.2, 0) is 10.8 Å². The Bertz CT molecular complexity index is 3040. The van der Waals surface area contributed by atoms with Crippen molar-refractivity contribution in [1.29, 1.82) is 5.41 Å². The van der Waals surface area contributed by atoms with Crippen LogP contribution in [0.4, 0.5) is 17.1 Å². The Kier molecular flexibility index (Phi) is 8.66. The third kappa shape index (κ3) is 5.76. The van der Waals surface area contributed by atoms with Crippen LogP contribution in [-0.4, -0.2) is 5.71 Å². The second kappa shape index (κ2) is 14.3. The average molecular weight is 798 g/mol. The lowest BCUT2D eigenvalue weighted by atomic mass is 9.82. The van der Waals surface area contributed by atoms with E-state index in [-0.39, 0.29) is 10.8 Å². The Morgan fingerprint density at radius 3 is 1.52 bits per heavy atom. The lowest BCUT2D eigenvalue weighted by Gasteiger charge is -2.32. The molecule has 0 radical (unpaired) electrons. The van der Waals surface area contributed by atoms with Crippen molar-refractivity contribution in [1.82, 2.24) is 5.32 Å². The molecule has 0 fully saturated rings. The van der Waals surface area contributed by atoms with Gasteiger partial charge in [-0.2, -0.15) is 0 Å². The SMILES string of the molecule is CC1(C)c2ccccc2-c2c(N(c3ccc4c(c3)C=C(c3ccccc3)N/C4=C(\C(=N)c3ccccc3)c3ccccc3)c3cccc4c3-c3ccccc3C4(C)C)cccc21. The first-order valence-corrected chi connectivity index (χ1v) is 21.6. The standard InChI is InChI=1S/C59H47N3/c1-58(2)46-28-16-14-26-44(46)54-48(58)30-18-32-51(54)62(52-33-19-31-49-55(52)45-27-15-17-29-47(45)59(49,3)4)42-34-35-43-41(36-42)37-50(38-20-8-5-9-21-38)61-57(43)53(39-22-10-6-11-23-39)56(60)40-24-12-7-13-25-40/h5-37,60-61H,1-4H3/b57-53-,60-56?. The monoisotopic (exact) mass is 797 g/mol. The highest BCUT2D eigenvalue weighted by atomic mass is 15.1. The molecule has 3 nitrogen and oxygen atoms in total. The Balaban J connectivity index is 1.21. The van der Waals surface area contributed by atoms with Crippen molar-refractivity contribution in [2.45, 2.75) is 38.5 Å². The van der Waals surface area contributed by atoms with Gasteiger partial charge >= 0.3 is 0 Å². The zero-order valence-corrected chi connectivity index (χ0v) is 35.5. The van der Waals surface area contributed by atoms with Gasteiger partial charge in [0.25, 0.3) is 0 Å². The van der Waals surface area contributed by atoms with Crippen molar-refractivity contribution in [3.63, 3.8) is 0 Å². The number of rotatable bonds is 7. The van der Waals surface area contributed by atoms with Crippen LogP contribution in [0.2, 0.25) is 0 Å². The first-order valence-electron chi connectivity index (χ1n) is 21.6. The number of anilines is 3. The second-order valence-corrected chi connectivity index (χ2v) is 17.8. The molecule has 2 N–H and O–H groups in total. The van der Waals surface area contributed by atoms with Crippen LogP contribution in [0.25, 0.3) is 45.3 Å². The van der Waals surface area contributed by atoms with Gasteiger partial charge < -0.3 is 10.2 Å². The van der Waals surface area contributed by atoms with Crippen molar-refractivity contribution in [2.24, 2.45) is 0 Å². The Morgan fingerprint density at radius 1 is 0.468 bits per heavy atom. The third-order valence-corrected chi connectivity index (χ3v) is 13.5. The van der Waals surface area contributed by atoms with Crippen molar-refractivity contribution >= 4 is 45.8 Å². The molecule has 0 saturated heterocycles. The first kappa shape index (κ1) is 37.5. The van der Waals surface area contributed by atoms with E-state index < -0.39 is 0 Å². The minimum atomic E-state index is -0.160. The van der Waals surface area contributed by atoms with Crippen LogP contribution in [0.1, 0.15) is 77.8 Å². The lowest BCUT2D eigenvalue weighted by molar-refractivity contribution is 0.660. The maximum absolute atomic E-state index is 9.81. The maximum Gasteiger partial charge on any atom is 0.0711 e. The third-order valence-electron chi connectivity index (χ3n) is 13.5. The molecule has 3 aliphatic rings. The number of benzene rings is 8. The lowest BCUT2D eigenvalue weighted by Crippen LogP contribution is -2.21. The molecule has 298 valence electrons. The molecular weight excluding hydrogens is 751 g/mol. The van der Waals surface area contributed by atoms with Gasteiger partial charge in [0.05, 0.1) is 22.8 Å². The van der Waals surface area contributed by atoms with Crippen molar-refractivity contribution in [3.05, 3.63) is 244 Å². The highest BCUT2D eigenvalue weighted by Gasteiger charge is 2.41. The minimum absolute atomic E-state index is 0.160. The topological polar surface area (TPSA) is 39.1 Å². The molecule has 1 heterocycles. The second-order valence-electron chi connectivity index (χ2n) is 17.8. The Morgan fingerprint density at radius 2 is 0.952 bits per heavy atom. The van der Waals surface area contributed by atoms with Crippen molar-refractivity contribution in [3.8, 4) is 22.3 Å². The van der Waals surface area contributed by atoms with E-state index in [0.717, 1.165) is 61.8 Å². The van der Waals surface area contributed by atoms with Gasteiger partial charge in [-0.3, -0.25) is 5.41 Å². The molecule has 62 heavy (non-hydrogen) atoms. The van der Waals surface area contributed by atoms with Crippen LogP contribution < -0.4 is 10.2 Å². The molecule has 0 saturated carbocycles. The van der Waals surface area contributed by atoms with Crippen LogP contribution in [0.15, 0.2) is 194 Å². The van der Waals surface area contributed by atoms with Crippen LogP contribution in [0, 0.1) is 5.41 Å². The number of fused-ring (bicyclic) bond motifs is 7. The summed E-state index contributed by atoms with van der Waals surface area (Å²) in [6.07, 6.45) is 2.28. The predicted octanol–water partition coefficient (Wildman–Crippen LogP) is 14.8. The Labute approximate surface area is 364 Å². The normalized spacial score (nSPS) is 15.5. The summed E-state index contributed by atoms with van der Waals surface area (Å²) in [5, 5.41) is 13.7. The van der Waals surface area contributed by atoms with Crippen molar-refractivity contribution < 1.29 is 0 Å². The minimum Gasteiger partial charge on any atom is -0.354 e. The summed E-state index contributed by atoms with van der Waals surface area (Å²) >= 11 is 0. The summed E-state index contributed by atoms with van der Waals surface area (Å²) < 4.78 is 0. The summed E-state index contributed by atoms with van der Waals surface area (Å²) in [6.45, 7) is 9.44. The molecular formula is C59H47N3. The van der Waals surface area contributed by atoms with Gasteiger partial charge in [-0.15, -0.1) is 0 Å². The molecule has 0 bridgehead atoms. The highest BCUT2D eigenvalue weighted by molar-refractivity contribution is 6.36. The molecule has 8 aromatic rings. The van der Waals surface area contributed by atoms with Gasteiger partial charge in [0, 0.05) is 50.0 Å². The fourth-order valence-corrected chi connectivity index (χ4v) is 10.4. The quantitative estimate of drug-likeness (QED) is 0.158. The molecule has 1 aliphatic heterocycles. The summed E-state index contributed by atoms with van der Waals surface area (Å²) in [4.78, 5) is 2.53. The number of nitrogens with one attached hydrogen (secondary N) is 2. The molecule has 0 amide bonds. The van der Waals surface area contributed by atoms with E-state index >= 15 is 0 Å². The molecule has 0 atom stereocenters. The van der Waals surface area contributed by atoms with Crippen LogP contribution >= 0.6 is 0 Å². The van der Waals surface area contributed by atoms with E-state index in [1.54, 1.807) is 0 Å². The molecule has 0 unspecified atom stereocenters. The molecule has 0 aromatic heterocycles. The molecule has 2 aliphatic carbocycles. The fourth-order valence-electron chi connectivity index (χ4n) is 10.4. The van der Waals surface area contributed by atoms with E-state index in [1.165, 1.54) is 44.5 Å². The zero-order valence-electron chi connectivity index (χ0n) is 35.5. The van der Waals surface area contributed by atoms with E-state index in [0.29, 0.717) is 5.71 Å². The van der Waals surface area contributed by atoms with E-state index in [4.69, 9.17) is 0 Å². The summed E-state index contributed by atoms with van der Waals surface area (Å²) in [7, 11) is 0. The summed E-state index contributed by atoms with van der Waals surface area (Å²) in [5.74, 6) is 0. The average Bonchev–Trinajstić information content (AvgIpc) is 3.70. The summed E-state index contributed by atoms with van der Waals surface area (Å²) in [6, 6.07) is 69.6. The smallest absolute Gasteiger partial charge is 0.0711 e. The van der Waals surface area contributed by atoms with Crippen LogP contribution in [0.5, 0.6) is 0 Å². The van der Waals surface area contributed by atoms with E-state index in [1.807, 2.05) is 36.4 Å². The fraction of sp³-hybridized carbons (Fsp3) is 0.102. The van der Waals surface area contributed by atoms with Crippen LogP contribution in [0.3, 0.4) is 0 Å². The van der Waals surface area contributed by atoms with Gasteiger partial charge in [-0.25, -0.2) is 0 Å². The zero-order chi connectivity index (χ0) is 42.2. The highest BCUT2D eigenvalue weighted by Crippen LogP contribution is 2.58. The molecule has 8 aromatic carbocycles. The largest absolute Gasteiger partial charge is 0.354 e. The predicted molar refractivity (Wildman–Crippen MR) is 260 cm³/mol. The van der Waals surface area contributed by atoms with Gasteiger partial charge in [0.15, 0.2) is 0 Å². The Hall–Kier alpha value is -7.49. The van der Waals surface area contributed by atoms with E-state index in [2.05, 4.69) is 202 Å². The number of hydrogen-bond acceptors (Lipinski definition) is 3. The van der Waals surface area contributed by atoms with Gasteiger partial charge in [0.1, 0.15) is 0 Å². The van der Waals surface area contributed by atoms with E-state index in [9.17, 15) is 5.41 Å². The number of nitrogens with zero attached hydrogens (tertiary/aromatic N) is 1. The van der Waals surface area contributed by atoms with Crippen molar-refractivity contribution in [2.75, 3.05) is 4.90 Å². The number of allylic oxidation sites excluding steroid dienone is 1. The van der Waals surface area contributed by atoms with Gasteiger partial charge in [0.2, 0.25) is 0 Å². The maximum atomic E-state index is 9.81. The molecule has 0 spiro atoms.